The van der Waals surface area contributed by atoms with Crippen LogP contribution in [0.2, 0.25) is 0 Å². The second-order valence-electron chi connectivity index (χ2n) is 4.01. The summed E-state index contributed by atoms with van der Waals surface area (Å²) in [4.78, 5) is 22.8. The SMILES string of the molecule is CCCC1Nc2c(cccc2C(=O)O)NC1=O. The van der Waals surface area contributed by atoms with E-state index in [2.05, 4.69) is 10.6 Å². The monoisotopic (exact) mass is 234 g/mol. The topological polar surface area (TPSA) is 78.4 Å². The van der Waals surface area contributed by atoms with Gasteiger partial charge < -0.3 is 15.7 Å². The van der Waals surface area contributed by atoms with Crippen molar-refractivity contribution in [3.8, 4) is 0 Å². The molecule has 0 spiro atoms. The highest BCUT2D eigenvalue weighted by Gasteiger charge is 2.27. The predicted molar refractivity (Wildman–Crippen MR) is 64.3 cm³/mol. The molecule has 17 heavy (non-hydrogen) atoms. The first kappa shape index (κ1) is 11.4. The molecule has 2 rings (SSSR count). The maximum Gasteiger partial charge on any atom is 0.337 e. The molecule has 1 aromatic rings. The fourth-order valence-corrected chi connectivity index (χ4v) is 1.94. The number of benzene rings is 1. The molecule has 5 nitrogen and oxygen atoms in total. The van der Waals surface area contributed by atoms with Gasteiger partial charge in [0.25, 0.3) is 0 Å². The fourth-order valence-electron chi connectivity index (χ4n) is 1.94. The lowest BCUT2D eigenvalue weighted by Crippen LogP contribution is -2.39. The summed E-state index contributed by atoms with van der Waals surface area (Å²) in [5, 5.41) is 14.8. The number of hydrogen-bond donors (Lipinski definition) is 3. The minimum Gasteiger partial charge on any atom is -0.478 e. The van der Waals surface area contributed by atoms with Crippen molar-refractivity contribution in [2.45, 2.75) is 25.8 Å². The minimum absolute atomic E-state index is 0.109. The molecule has 1 aliphatic heterocycles. The Balaban J connectivity index is 2.39. The minimum atomic E-state index is -0.999. The molecule has 1 aliphatic rings. The van der Waals surface area contributed by atoms with Gasteiger partial charge in [0.05, 0.1) is 16.9 Å². The largest absolute Gasteiger partial charge is 0.478 e. The van der Waals surface area contributed by atoms with Crippen LogP contribution in [0.3, 0.4) is 0 Å². The third-order valence-electron chi connectivity index (χ3n) is 2.77. The third kappa shape index (κ3) is 2.08. The number of rotatable bonds is 3. The Morgan fingerprint density at radius 3 is 2.88 bits per heavy atom. The fraction of sp³-hybridized carbons (Fsp3) is 0.333. The Morgan fingerprint density at radius 1 is 1.47 bits per heavy atom. The number of hydrogen-bond acceptors (Lipinski definition) is 3. The molecule has 0 radical (unpaired) electrons. The van der Waals surface area contributed by atoms with Gasteiger partial charge in [0.15, 0.2) is 0 Å². The lowest BCUT2D eigenvalue weighted by atomic mass is 10.0. The van der Waals surface area contributed by atoms with Crippen LogP contribution in [-0.2, 0) is 4.79 Å². The number of aromatic carboxylic acids is 1. The summed E-state index contributed by atoms with van der Waals surface area (Å²) in [6.07, 6.45) is 1.54. The summed E-state index contributed by atoms with van der Waals surface area (Å²) in [5.74, 6) is -1.11. The zero-order valence-corrected chi connectivity index (χ0v) is 9.49. The molecule has 0 fully saturated rings. The smallest absolute Gasteiger partial charge is 0.337 e. The first-order valence-corrected chi connectivity index (χ1v) is 5.57. The lowest BCUT2D eigenvalue weighted by molar-refractivity contribution is -0.117. The van der Waals surface area contributed by atoms with Crippen LogP contribution >= 0.6 is 0 Å². The highest BCUT2D eigenvalue weighted by Crippen LogP contribution is 2.31. The molecule has 1 heterocycles. The van der Waals surface area contributed by atoms with E-state index in [-0.39, 0.29) is 17.5 Å². The second-order valence-corrected chi connectivity index (χ2v) is 4.01. The van der Waals surface area contributed by atoms with Gasteiger partial charge in [-0.3, -0.25) is 4.79 Å². The van der Waals surface area contributed by atoms with Crippen LogP contribution < -0.4 is 10.6 Å². The molecule has 90 valence electrons. The average molecular weight is 234 g/mol. The Labute approximate surface area is 98.8 Å². The zero-order chi connectivity index (χ0) is 12.4. The number of nitrogens with one attached hydrogen (secondary N) is 2. The normalized spacial score (nSPS) is 17.9. The van der Waals surface area contributed by atoms with E-state index in [1.165, 1.54) is 6.07 Å². The highest BCUT2D eigenvalue weighted by molar-refractivity contribution is 6.08. The van der Waals surface area contributed by atoms with Crippen molar-refractivity contribution >= 4 is 23.3 Å². The van der Waals surface area contributed by atoms with Gasteiger partial charge in [-0.25, -0.2) is 4.79 Å². The molecule has 0 saturated carbocycles. The molecule has 1 unspecified atom stereocenters. The predicted octanol–water partition coefficient (Wildman–Crippen LogP) is 1.92. The lowest BCUT2D eigenvalue weighted by Gasteiger charge is -2.27. The molecular weight excluding hydrogens is 220 g/mol. The number of amides is 1. The Bertz CT molecular complexity index is 471. The van der Waals surface area contributed by atoms with Crippen LogP contribution in [-0.4, -0.2) is 23.0 Å². The van der Waals surface area contributed by atoms with Gasteiger partial charge in [-0.15, -0.1) is 0 Å². The van der Waals surface area contributed by atoms with Crippen LogP contribution in [0.4, 0.5) is 11.4 Å². The second kappa shape index (κ2) is 4.45. The molecule has 0 aliphatic carbocycles. The molecule has 0 bridgehead atoms. The Kier molecular flexibility index (Phi) is 2.99. The molecule has 1 amide bonds. The van der Waals surface area contributed by atoms with Crippen molar-refractivity contribution in [2.24, 2.45) is 0 Å². The summed E-state index contributed by atoms with van der Waals surface area (Å²) >= 11 is 0. The average Bonchev–Trinajstić information content (AvgIpc) is 2.29. The summed E-state index contributed by atoms with van der Waals surface area (Å²) in [5.41, 5.74) is 1.21. The Hall–Kier alpha value is -2.04. The van der Waals surface area contributed by atoms with E-state index in [0.29, 0.717) is 17.8 Å². The number of carbonyl (C=O) groups is 2. The van der Waals surface area contributed by atoms with Crippen LogP contribution in [0.5, 0.6) is 0 Å². The van der Waals surface area contributed by atoms with Crippen LogP contribution in [0.1, 0.15) is 30.1 Å². The van der Waals surface area contributed by atoms with Gasteiger partial charge >= 0.3 is 5.97 Å². The number of anilines is 2. The van der Waals surface area contributed by atoms with E-state index >= 15 is 0 Å². The molecule has 0 aromatic heterocycles. The van der Waals surface area contributed by atoms with Crippen molar-refractivity contribution in [3.05, 3.63) is 23.8 Å². The van der Waals surface area contributed by atoms with Gasteiger partial charge in [0.2, 0.25) is 5.91 Å². The number of fused-ring (bicyclic) bond motifs is 1. The molecule has 1 atom stereocenters. The zero-order valence-electron chi connectivity index (χ0n) is 9.49. The van der Waals surface area contributed by atoms with Crippen molar-refractivity contribution in [2.75, 3.05) is 10.6 Å². The first-order valence-electron chi connectivity index (χ1n) is 5.57. The van der Waals surface area contributed by atoms with E-state index in [1.807, 2.05) is 6.92 Å². The molecule has 5 heteroatoms. The molecule has 1 aromatic carbocycles. The third-order valence-corrected chi connectivity index (χ3v) is 2.77. The highest BCUT2D eigenvalue weighted by atomic mass is 16.4. The van der Waals surface area contributed by atoms with Crippen LogP contribution in [0, 0.1) is 0 Å². The van der Waals surface area contributed by atoms with Gasteiger partial charge in [-0.05, 0) is 18.6 Å². The summed E-state index contributed by atoms with van der Waals surface area (Å²) < 4.78 is 0. The van der Waals surface area contributed by atoms with Crippen molar-refractivity contribution in [3.63, 3.8) is 0 Å². The van der Waals surface area contributed by atoms with Gasteiger partial charge in [0, 0.05) is 0 Å². The van der Waals surface area contributed by atoms with Crippen molar-refractivity contribution in [1.29, 1.82) is 0 Å². The first-order chi connectivity index (χ1) is 8.13. The Morgan fingerprint density at radius 2 is 2.24 bits per heavy atom. The van der Waals surface area contributed by atoms with Crippen molar-refractivity contribution < 1.29 is 14.7 Å². The summed E-state index contributed by atoms with van der Waals surface area (Å²) in [7, 11) is 0. The molecule has 0 saturated heterocycles. The summed E-state index contributed by atoms with van der Waals surface area (Å²) in [6, 6.07) is 4.47. The van der Waals surface area contributed by atoms with Gasteiger partial charge in [0.1, 0.15) is 6.04 Å². The van der Waals surface area contributed by atoms with Gasteiger partial charge in [-0.1, -0.05) is 19.4 Å². The number of carboxylic acid groups (broad SMARTS) is 1. The number of para-hydroxylation sites is 1. The van der Waals surface area contributed by atoms with Crippen molar-refractivity contribution in [1.82, 2.24) is 0 Å². The quantitative estimate of drug-likeness (QED) is 0.746. The maximum absolute atomic E-state index is 11.7. The van der Waals surface area contributed by atoms with E-state index in [0.717, 1.165) is 6.42 Å². The molecular formula is C12H14N2O3. The van der Waals surface area contributed by atoms with Gasteiger partial charge in [-0.2, -0.15) is 0 Å². The number of carboxylic acids is 1. The maximum atomic E-state index is 11.7. The van der Waals surface area contributed by atoms with Crippen LogP contribution in [0.25, 0.3) is 0 Å². The standard InChI is InChI=1S/C12H14N2O3/c1-2-4-9-11(15)14-8-6-3-5-7(12(16)17)10(8)13-9/h3,5-6,9,13H,2,4H2,1H3,(H,14,15)(H,16,17). The van der Waals surface area contributed by atoms with E-state index in [9.17, 15) is 9.59 Å². The van der Waals surface area contributed by atoms with E-state index < -0.39 is 5.97 Å². The molecule has 3 N–H and O–H groups in total. The summed E-state index contributed by atoms with van der Waals surface area (Å²) in [6.45, 7) is 1.98. The van der Waals surface area contributed by atoms with E-state index in [1.54, 1.807) is 12.1 Å². The van der Waals surface area contributed by atoms with Crippen LogP contribution in [0.15, 0.2) is 18.2 Å². The number of carbonyl (C=O) groups excluding carboxylic acids is 1. The van der Waals surface area contributed by atoms with E-state index in [4.69, 9.17) is 5.11 Å².